The Morgan fingerprint density at radius 2 is 2.05 bits per heavy atom. The van der Waals surface area contributed by atoms with E-state index < -0.39 is 5.82 Å². The van der Waals surface area contributed by atoms with Crippen molar-refractivity contribution in [3.63, 3.8) is 0 Å². The fraction of sp³-hybridized carbons (Fsp3) is 0.133. The van der Waals surface area contributed by atoms with Gasteiger partial charge in [-0.2, -0.15) is 0 Å². The number of halogens is 3. The van der Waals surface area contributed by atoms with Crippen LogP contribution in [0, 0.1) is 12.7 Å². The van der Waals surface area contributed by atoms with Crippen molar-refractivity contribution in [2.45, 2.75) is 12.8 Å². The molecule has 2 aromatic carbocycles. The third kappa shape index (κ3) is 2.07. The van der Waals surface area contributed by atoms with Gasteiger partial charge in [0.25, 0.3) is 0 Å². The molecule has 0 amide bonds. The van der Waals surface area contributed by atoms with E-state index in [1.54, 1.807) is 6.07 Å². The standard InChI is InChI=1S/C15H11Cl2FN2/c1-9-3-2-4-13-15(9)19-14(8-16)20(13)10-5-6-11(17)12(18)7-10/h2-7H,8H2,1H3. The second-order valence-corrected chi connectivity index (χ2v) is 5.21. The molecule has 0 spiro atoms. The van der Waals surface area contributed by atoms with Crippen LogP contribution < -0.4 is 0 Å². The van der Waals surface area contributed by atoms with Crippen LogP contribution in [0.4, 0.5) is 4.39 Å². The number of rotatable bonds is 2. The van der Waals surface area contributed by atoms with Crippen LogP contribution in [0.1, 0.15) is 11.4 Å². The molecule has 1 heterocycles. The Labute approximate surface area is 125 Å². The Kier molecular flexibility index (Phi) is 3.40. The van der Waals surface area contributed by atoms with Crippen LogP contribution in [-0.4, -0.2) is 9.55 Å². The molecule has 0 bridgehead atoms. The largest absolute Gasteiger partial charge is 0.295 e. The number of para-hydroxylation sites is 1. The van der Waals surface area contributed by atoms with Crippen LogP contribution in [0.25, 0.3) is 16.7 Å². The average Bonchev–Trinajstić information content (AvgIpc) is 2.82. The van der Waals surface area contributed by atoms with Crippen LogP contribution in [0.2, 0.25) is 5.02 Å². The molecule has 0 fully saturated rings. The second-order valence-electron chi connectivity index (χ2n) is 4.54. The number of hydrogen-bond acceptors (Lipinski definition) is 1. The van der Waals surface area contributed by atoms with E-state index in [0.29, 0.717) is 11.5 Å². The monoisotopic (exact) mass is 308 g/mol. The molecule has 0 aliphatic carbocycles. The molecule has 0 aliphatic heterocycles. The van der Waals surface area contributed by atoms with Crippen molar-refractivity contribution in [3.8, 4) is 5.69 Å². The van der Waals surface area contributed by atoms with Crippen molar-refractivity contribution in [1.29, 1.82) is 0 Å². The minimum atomic E-state index is -0.459. The smallest absolute Gasteiger partial charge is 0.143 e. The molecular weight excluding hydrogens is 298 g/mol. The normalized spacial score (nSPS) is 11.2. The van der Waals surface area contributed by atoms with Gasteiger partial charge in [0.1, 0.15) is 11.6 Å². The van der Waals surface area contributed by atoms with Gasteiger partial charge in [0, 0.05) is 0 Å². The number of nitrogens with zero attached hydrogens (tertiary/aromatic N) is 2. The number of aromatic nitrogens is 2. The molecular formula is C15H11Cl2FN2. The fourth-order valence-electron chi connectivity index (χ4n) is 2.29. The first-order valence-electron chi connectivity index (χ1n) is 6.10. The highest BCUT2D eigenvalue weighted by Crippen LogP contribution is 2.26. The Bertz CT molecular complexity index is 796. The van der Waals surface area contributed by atoms with Gasteiger partial charge in [-0.25, -0.2) is 9.37 Å². The molecule has 3 aromatic rings. The van der Waals surface area contributed by atoms with E-state index in [2.05, 4.69) is 4.98 Å². The first kappa shape index (κ1) is 13.4. The zero-order valence-electron chi connectivity index (χ0n) is 10.7. The van der Waals surface area contributed by atoms with Gasteiger partial charge < -0.3 is 0 Å². The molecule has 3 rings (SSSR count). The third-order valence-corrected chi connectivity index (χ3v) is 3.78. The molecule has 0 saturated heterocycles. The maximum Gasteiger partial charge on any atom is 0.143 e. The Morgan fingerprint density at radius 3 is 2.75 bits per heavy atom. The predicted octanol–water partition coefficient (Wildman–Crippen LogP) is 4.87. The van der Waals surface area contributed by atoms with E-state index in [0.717, 1.165) is 16.6 Å². The number of fused-ring (bicyclic) bond motifs is 1. The van der Waals surface area contributed by atoms with E-state index in [-0.39, 0.29) is 10.9 Å². The van der Waals surface area contributed by atoms with Crippen molar-refractivity contribution in [2.24, 2.45) is 0 Å². The van der Waals surface area contributed by atoms with Crippen molar-refractivity contribution in [1.82, 2.24) is 9.55 Å². The lowest BCUT2D eigenvalue weighted by atomic mass is 10.2. The van der Waals surface area contributed by atoms with Crippen LogP contribution in [-0.2, 0) is 5.88 Å². The summed E-state index contributed by atoms with van der Waals surface area (Å²) in [6.45, 7) is 1.99. The van der Waals surface area contributed by atoms with Crippen molar-refractivity contribution in [3.05, 3.63) is 58.6 Å². The van der Waals surface area contributed by atoms with Crippen LogP contribution in [0.5, 0.6) is 0 Å². The molecule has 1 aromatic heterocycles. The maximum absolute atomic E-state index is 13.7. The van der Waals surface area contributed by atoms with Gasteiger partial charge in [0.15, 0.2) is 0 Å². The number of benzene rings is 2. The van der Waals surface area contributed by atoms with Gasteiger partial charge in [-0.1, -0.05) is 23.7 Å². The summed E-state index contributed by atoms with van der Waals surface area (Å²) in [7, 11) is 0. The summed E-state index contributed by atoms with van der Waals surface area (Å²) >= 11 is 11.7. The van der Waals surface area contributed by atoms with E-state index in [4.69, 9.17) is 23.2 Å². The molecule has 0 aliphatic rings. The second kappa shape index (κ2) is 5.08. The molecule has 0 radical (unpaired) electrons. The summed E-state index contributed by atoms with van der Waals surface area (Å²) in [5, 5.41) is 0.0989. The number of hydrogen-bond donors (Lipinski definition) is 0. The lowest BCUT2D eigenvalue weighted by molar-refractivity contribution is 0.627. The summed E-state index contributed by atoms with van der Waals surface area (Å²) in [6.07, 6.45) is 0. The van der Waals surface area contributed by atoms with Crippen LogP contribution in [0.15, 0.2) is 36.4 Å². The van der Waals surface area contributed by atoms with Gasteiger partial charge in [0.05, 0.1) is 27.6 Å². The van der Waals surface area contributed by atoms with E-state index >= 15 is 0 Å². The number of alkyl halides is 1. The third-order valence-electron chi connectivity index (χ3n) is 3.24. The minimum Gasteiger partial charge on any atom is -0.295 e. The first-order valence-corrected chi connectivity index (χ1v) is 7.01. The van der Waals surface area contributed by atoms with Crippen LogP contribution in [0.3, 0.4) is 0 Å². The van der Waals surface area contributed by atoms with Gasteiger partial charge in [-0.05, 0) is 36.8 Å². The lowest BCUT2D eigenvalue weighted by Crippen LogP contribution is -1.99. The molecule has 0 unspecified atom stereocenters. The summed E-state index contributed by atoms with van der Waals surface area (Å²) in [6, 6.07) is 10.6. The summed E-state index contributed by atoms with van der Waals surface area (Å²) in [5.41, 5.74) is 3.50. The summed E-state index contributed by atoms with van der Waals surface area (Å²) in [5.74, 6) is 0.468. The van der Waals surface area contributed by atoms with Crippen molar-refractivity contribution in [2.75, 3.05) is 0 Å². The minimum absolute atomic E-state index is 0.0989. The molecule has 0 saturated carbocycles. The Hall–Kier alpha value is -1.58. The van der Waals surface area contributed by atoms with Gasteiger partial charge in [-0.15, -0.1) is 11.6 Å². The van der Waals surface area contributed by atoms with Crippen LogP contribution >= 0.6 is 23.2 Å². The van der Waals surface area contributed by atoms with E-state index in [9.17, 15) is 4.39 Å². The summed E-state index contributed by atoms with van der Waals surface area (Å²) in [4.78, 5) is 4.53. The number of imidazole rings is 1. The molecule has 0 N–H and O–H groups in total. The molecule has 5 heteroatoms. The molecule has 2 nitrogen and oxygen atoms in total. The zero-order valence-corrected chi connectivity index (χ0v) is 12.2. The molecule has 20 heavy (non-hydrogen) atoms. The lowest BCUT2D eigenvalue weighted by Gasteiger charge is -2.08. The van der Waals surface area contributed by atoms with E-state index in [1.165, 1.54) is 12.1 Å². The Morgan fingerprint density at radius 1 is 1.25 bits per heavy atom. The number of aryl methyl sites for hydroxylation is 1. The highest BCUT2D eigenvalue weighted by Gasteiger charge is 2.14. The quantitative estimate of drug-likeness (QED) is 0.618. The van der Waals surface area contributed by atoms with Gasteiger partial charge in [-0.3, -0.25) is 4.57 Å². The maximum atomic E-state index is 13.7. The van der Waals surface area contributed by atoms with Gasteiger partial charge >= 0.3 is 0 Å². The zero-order chi connectivity index (χ0) is 14.3. The van der Waals surface area contributed by atoms with Gasteiger partial charge in [0.2, 0.25) is 0 Å². The average molecular weight is 309 g/mol. The predicted molar refractivity (Wildman–Crippen MR) is 80.3 cm³/mol. The summed E-state index contributed by atoms with van der Waals surface area (Å²) < 4.78 is 15.5. The topological polar surface area (TPSA) is 17.8 Å². The fourth-order valence-corrected chi connectivity index (χ4v) is 2.59. The highest BCUT2D eigenvalue weighted by atomic mass is 35.5. The molecule has 0 atom stereocenters. The first-order chi connectivity index (χ1) is 9.61. The highest BCUT2D eigenvalue weighted by molar-refractivity contribution is 6.30. The van der Waals surface area contributed by atoms with E-state index in [1.807, 2.05) is 29.7 Å². The van der Waals surface area contributed by atoms with Crippen molar-refractivity contribution < 1.29 is 4.39 Å². The Balaban J connectivity index is 2.34. The molecule has 102 valence electrons. The van der Waals surface area contributed by atoms with Crippen molar-refractivity contribution >= 4 is 34.2 Å². The SMILES string of the molecule is Cc1cccc2c1nc(CCl)n2-c1ccc(Cl)c(F)c1.